The molecule has 1 aromatic heterocycles. The van der Waals surface area contributed by atoms with E-state index in [9.17, 15) is 20.0 Å². The Morgan fingerprint density at radius 3 is 2.62 bits per heavy atom. The highest BCUT2D eigenvalue weighted by Crippen LogP contribution is 2.28. The highest BCUT2D eigenvalue weighted by Gasteiger charge is 2.14. The number of rotatable bonds is 2. The lowest BCUT2D eigenvalue weighted by Crippen LogP contribution is -2.04. The van der Waals surface area contributed by atoms with Crippen LogP contribution < -0.4 is 5.43 Å². The van der Waals surface area contributed by atoms with Crippen molar-refractivity contribution in [2.24, 2.45) is 0 Å². The molecule has 0 spiro atoms. The minimum Gasteiger partial charge on any atom is -0.503 e. The first-order valence-corrected chi connectivity index (χ1v) is 6.17. The van der Waals surface area contributed by atoms with Crippen LogP contribution in [0.25, 0.3) is 22.2 Å². The van der Waals surface area contributed by atoms with Crippen LogP contribution in [0.4, 0.5) is 5.69 Å². The molecule has 2 N–H and O–H groups in total. The quantitative estimate of drug-likeness (QED) is 0.558. The zero-order valence-corrected chi connectivity index (χ0v) is 10.7. The smallest absolute Gasteiger partial charge is 0.270 e. The predicted molar refractivity (Wildman–Crippen MR) is 78.3 cm³/mol. The second kappa shape index (κ2) is 4.75. The van der Waals surface area contributed by atoms with Gasteiger partial charge in [-0.2, -0.15) is 0 Å². The van der Waals surface area contributed by atoms with Crippen LogP contribution in [0, 0.1) is 10.1 Å². The third kappa shape index (κ3) is 2.12. The maximum atomic E-state index is 12.1. The Kier molecular flexibility index (Phi) is 2.91. The summed E-state index contributed by atoms with van der Waals surface area (Å²) in [5.41, 5.74) is 0.487. The van der Waals surface area contributed by atoms with Gasteiger partial charge in [-0.15, -0.1) is 0 Å². The third-order valence-electron chi connectivity index (χ3n) is 3.23. The van der Waals surface area contributed by atoms with Crippen LogP contribution in [-0.2, 0) is 0 Å². The van der Waals surface area contributed by atoms with Gasteiger partial charge in [0, 0.05) is 28.6 Å². The molecule has 0 radical (unpaired) electrons. The van der Waals surface area contributed by atoms with Crippen molar-refractivity contribution in [3.63, 3.8) is 0 Å². The zero-order chi connectivity index (χ0) is 15.0. The van der Waals surface area contributed by atoms with Gasteiger partial charge in [0.05, 0.1) is 10.6 Å². The van der Waals surface area contributed by atoms with E-state index < -0.39 is 16.1 Å². The normalized spacial score (nSPS) is 10.7. The molecule has 0 saturated carbocycles. The third-order valence-corrected chi connectivity index (χ3v) is 3.23. The van der Waals surface area contributed by atoms with Crippen molar-refractivity contribution in [3.05, 3.63) is 68.9 Å². The molecule has 6 nitrogen and oxygen atoms in total. The lowest BCUT2D eigenvalue weighted by atomic mass is 10.1. The SMILES string of the molecule is O=c1c(O)c(-c2cccc([N+](=O)[O-])c2)[nH]c2ccccc12. The van der Waals surface area contributed by atoms with Gasteiger partial charge in [0.1, 0.15) is 0 Å². The van der Waals surface area contributed by atoms with Gasteiger partial charge in [-0.3, -0.25) is 14.9 Å². The average Bonchev–Trinajstić information content (AvgIpc) is 2.51. The Balaban J connectivity index is 2.30. The maximum Gasteiger partial charge on any atom is 0.270 e. The number of pyridine rings is 1. The lowest BCUT2D eigenvalue weighted by molar-refractivity contribution is -0.384. The first-order valence-electron chi connectivity index (χ1n) is 6.17. The Labute approximate surface area is 118 Å². The molecule has 0 aliphatic carbocycles. The Hall–Kier alpha value is -3.15. The Morgan fingerprint density at radius 2 is 1.86 bits per heavy atom. The summed E-state index contributed by atoms with van der Waals surface area (Å²) in [4.78, 5) is 25.4. The van der Waals surface area contributed by atoms with Crippen LogP contribution in [0.5, 0.6) is 5.75 Å². The van der Waals surface area contributed by atoms with E-state index in [2.05, 4.69) is 4.98 Å². The van der Waals surface area contributed by atoms with Crippen LogP contribution in [-0.4, -0.2) is 15.0 Å². The van der Waals surface area contributed by atoms with E-state index in [0.717, 1.165) is 0 Å². The number of nitrogens with zero attached hydrogens (tertiary/aromatic N) is 1. The van der Waals surface area contributed by atoms with Gasteiger partial charge in [-0.1, -0.05) is 24.3 Å². The summed E-state index contributed by atoms with van der Waals surface area (Å²) in [5.74, 6) is -0.450. The van der Waals surface area contributed by atoms with Gasteiger partial charge in [0.25, 0.3) is 5.69 Å². The summed E-state index contributed by atoms with van der Waals surface area (Å²) in [7, 11) is 0. The lowest BCUT2D eigenvalue weighted by Gasteiger charge is -2.07. The van der Waals surface area contributed by atoms with Crippen molar-refractivity contribution in [3.8, 4) is 17.0 Å². The van der Waals surface area contributed by atoms with Crippen molar-refractivity contribution in [2.75, 3.05) is 0 Å². The number of aromatic nitrogens is 1. The van der Waals surface area contributed by atoms with E-state index in [4.69, 9.17) is 0 Å². The standard InChI is InChI=1S/C15H10N2O4/c18-14-11-6-1-2-7-12(11)16-13(15(14)19)9-4-3-5-10(8-9)17(20)21/h1-8,19H,(H,16,18). The minimum atomic E-state index is -0.528. The molecular formula is C15H10N2O4. The molecule has 0 saturated heterocycles. The van der Waals surface area contributed by atoms with Gasteiger partial charge in [0.2, 0.25) is 5.43 Å². The fourth-order valence-electron chi connectivity index (χ4n) is 2.21. The van der Waals surface area contributed by atoms with Gasteiger partial charge in [-0.05, 0) is 12.1 Å². The fraction of sp³-hybridized carbons (Fsp3) is 0. The zero-order valence-electron chi connectivity index (χ0n) is 10.7. The van der Waals surface area contributed by atoms with E-state index in [1.165, 1.54) is 18.2 Å². The molecular weight excluding hydrogens is 272 g/mol. The van der Waals surface area contributed by atoms with Crippen LogP contribution in [0.15, 0.2) is 53.3 Å². The van der Waals surface area contributed by atoms with Gasteiger partial charge in [-0.25, -0.2) is 0 Å². The number of aromatic hydroxyl groups is 1. The first-order chi connectivity index (χ1) is 10.1. The number of hydrogen-bond donors (Lipinski definition) is 2. The molecule has 0 fully saturated rings. The van der Waals surface area contributed by atoms with E-state index in [1.807, 2.05) is 0 Å². The Bertz CT molecular complexity index is 915. The highest BCUT2D eigenvalue weighted by atomic mass is 16.6. The van der Waals surface area contributed by atoms with Gasteiger partial charge in [0.15, 0.2) is 5.75 Å². The molecule has 21 heavy (non-hydrogen) atoms. The predicted octanol–water partition coefficient (Wildman–Crippen LogP) is 2.81. The number of nitro benzene ring substituents is 1. The molecule has 1 heterocycles. The minimum absolute atomic E-state index is 0.110. The monoisotopic (exact) mass is 282 g/mol. The molecule has 6 heteroatoms. The summed E-state index contributed by atoms with van der Waals surface area (Å²) < 4.78 is 0. The molecule has 3 rings (SSSR count). The van der Waals surface area contributed by atoms with E-state index in [1.54, 1.807) is 30.3 Å². The number of non-ortho nitro benzene ring substituents is 1. The molecule has 0 unspecified atom stereocenters. The Morgan fingerprint density at radius 1 is 1.10 bits per heavy atom. The van der Waals surface area contributed by atoms with Crippen LogP contribution in [0.1, 0.15) is 0 Å². The topological polar surface area (TPSA) is 96.2 Å². The summed E-state index contributed by atoms with van der Waals surface area (Å²) >= 11 is 0. The van der Waals surface area contributed by atoms with Crippen molar-refractivity contribution in [1.82, 2.24) is 4.98 Å². The summed E-state index contributed by atoms with van der Waals surface area (Å²) in [6.45, 7) is 0. The van der Waals surface area contributed by atoms with Crippen molar-refractivity contribution in [1.29, 1.82) is 0 Å². The largest absolute Gasteiger partial charge is 0.503 e. The summed E-state index contributed by atoms with van der Waals surface area (Å²) in [6.07, 6.45) is 0. The molecule has 0 aliphatic rings. The second-order valence-electron chi connectivity index (χ2n) is 4.53. The number of para-hydroxylation sites is 1. The highest BCUT2D eigenvalue weighted by molar-refractivity contribution is 5.84. The van der Waals surface area contributed by atoms with E-state index in [0.29, 0.717) is 16.5 Å². The van der Waals surface area contributed by atoms with Crippen molar-refractivity contribution >= 4 is 16.6 Å². The molecule has 3 aromatic rings. The van der Waals surface area contributed by atoms with Gasteiger partial charge >= 0.3 is 0 Å². The van der Waals surface area contributed by atoms with Crippen LogP contribution >= 0.6 is 0 Å². The molecule has 104 valence electrons. The molecule has 0 amide bonds. The average molecular weight is 282 g/mol. The fourth-order valence-corrected chi connectivity index (χ4v) is 2.21. The van der Waals surface area contributed by atoms with E-state index >= 15 is 0 Å². The number of hydrogen-bond acceptors (Lipinski definition) is 4. The molecule has 0 atom stereocenters. The second-order valence-corrected chi connectivity index (χ2v) is 4.53. The van der Waals surface area contributed by atoms with Crippen molar-refractivity contribution in [2.45, 2.75) is 0 Å². The van der Waals surface area contributed by atoms with Crippen LogP contribution in [0.3, 0.4) is 0 Å². The number of nitro groups is 1. The number of nitrogens with one attached hydrogen (secondary N) is 1. The first kappa shape index (κ1) is 12.9. The number of benzene rings is 2. The molecule has 0 bridgehead atoms. The number of aromatic amines is 1. The van der Waals surface area contributed by atoms with Gasteiger partial charge < -0.3 is 10.1 Å². The number of H-pyrrole nitrogens is 1. The van der Waals surface area contributed by atoms with Crippen molar-refractivity contribution < 1.29 is 10.0 Å². The van der Waals surface area contributed by atoms with Crippen LogP contribution in [0.2, 0.25) is 0 Å². The van der Waals surface area contributed by atoms with E-state index in [-0.39, 0.29) is 11.4 Å². The number of fused-ring (bicyclic) bond motifs is 1. The summed E-state index contributed by atoms with van der Waals surface area (Å²) in [5, 5.41) is 21.2. The molecule has 2 aromatic carbocycles. The molecule has 0 aliphatic heterocycles. The maximum absolute atomic E-state index is 12.1. The summed E-state index contributed by atoms with van der Waals surface area (Å²) in [6, 6.07) is 12.5.